The number of aromatic nitrogens is 2. The third-order valence-corrected chi connectivity index (χ3v) is 5.96. The molecule has 2 aromatic carbocycles. The van der Waals surface area contributed by atoms with Crippen molar-refractivity contribution in [3.05, 3.63) is 64.5 Å². The summed E-state index contributed by atoms with van der Waals surface area (Å²) in [7, 11) is 0. The van der Waals surface area contributed by atoms with Crippen LogP contribution in [0.25, 0.3) is 10.9 Å². The SMILES string of the molecule is O=C(CSc1nc2ccccc2c(=O)n1C1CCCC1)Nc1ccc(F)cc1F. The number of benzene rings is 2. The molecule has 1 aliphatic rings. The van der Waals surface area contributed by atoms with E-state index in [9.17, 15) is 18.4 Å². The van der Waals surface area contributed by atoms with Crippen molar-refractivity contribution in [1.82, 2.24) is 9.55 Å². The van der Waals surface area contributed by atoms with Gasteiger partial charge < -0.3 is 5.32 Å². The van der Waals surface area contributed by atoms with Crippen molar-refractivity contribution in [3.63, 3.8) is 0 Å². The first-order valence-corrected chi connectivity index (χ1v) is 10.4. The lowest BCUT2D eigenvalue weighted by molar-refractivity contribution is -0.113. The Morgan fingerprint density at radius 1 is 1.17 bits per heavy atom. The normalized spacial score (nSPS) is 14.4. The molecule has 1 aliphatic carbocycles. The molecule has 5 nitrogen and oxygen atoms in total. The van der Waals surface area contributed by atoms with Gasteiger partial charge >= 0.3 is 0 Å². The first-order valence-electron chi connectivity index (χ1n) is 9.42. The minimum Gasteiger partial charge on any atom is -0.323 e. The largest absolute Gasteiger partial charge is 0.323 e. The van der Waals surface area contributed by atoms with Gasteiger partial charge in [0, 0.05) is 12.1 Å². The number of hydrogen-bond acceptors (Lipinski definition) is 4. The number of rotatable bonds is 5. The second kappa shape index (κ2) is 8.32. The number of halogens is 2. The average molecular weight is 415 g/mol. The molecule has 1 aromatic heterocycles. The van der Waals surface area contributed by atoms with Crippen LogP contribution in [0.5, 0.6) is 0 Å². The molecule has 0 unspecified atom stereocenters. The molecule has 0 atom stereocenters. The van der Waals surface area contributed by atoms with Crippen LogP contribution in [0.2, 0.25) is 0 Å². The molecule has 0 radical (unpaired) electrons. The Morgan fingerprint density at radius 3 is 2.69 bits per heavy atom. The van der Waals surface area contributed by atoms with Gasteiger partial charge in [0.1, 0.15) is 11.6 Å². The van der Waals surface area contributed by atoms with Crippen LogP contribution in [0.15, 0.2) is 52.4 Å². The summed E-state index contributed by atoms with van der Waals surface area (Å²) >= 11 is 1.14. The molecule has 1 fully saturated rings. The fourth-order valence-electron chi connectivity index (χ4n) is 3.62. The predicted octanol–water partition coefficient (Wildman–Crippen LogP) is 4.52. The average Bonchev–Trinajstić information content (AvgIpc) is 3.23. The number of para-hydroxylation sites is 1. The maximum atomic E-state index is 13.8. The topological polar surface area (TPSA) is 64.0 Å². The number of carbonyl (C=O) groups is 1. The van der Waals surface area contributed by atoms with E-state index in [4.69, 9.17) is 0 Å². The lowest BCUT2D eigenvalue weighted by Gasteiger charge is -2.18. The highest BCUT2D eigenvalue weighted by atomic mass is 32.2. The van der Waals surface area contributed by atoms with Gasteiger partial charge in [-0.05, 0) is 37.1 Å². The lowest BCUT2D eigenvalue weighted by Crippen LogP contribution is -2.27. The molecule has 1 amide bonds. The van der Waals surface area contributed by atoms with Gasteiger partial charge in [0.25, 0.3) is 5.56 Å². The van der Waals surface area contributed by atoms with Gasteiger partial charge in [-0.1, -0.05) is 36.7 Å². The molecule has 0 spiro atoms. The van der Waals surface area contributed by atoms with Crippen LogP contribution in [0.4, 0.5) is 14.5 Å². The molecular formula is C21H19F2N3O2S. The maximum Gasteiger partial charge on any atom is 0.262 e. The molecule has 3 aromatic rings. The van der Waals surface area contributed by atoms with Crippen LogP contribution in [-0.4, -0.2) is 21.2 Å². The number of amides is 1. The van der Waals surface area contributed by atoms with E-state index < -0.39 is 17.5 Å². The summed E-state index contributed by atoms with van der Waals surface area (Å²) in [5.74, 6) is -2.05. The van der Waals surface area contributed by atoms with Gasteiger partial charge in [-0.15, -0.1) is 0 Å². The van der Waals surface area contributed by atoms with E-state index in [1.807, 2.05) is 12.1 Å². The van der Waals surface area contributed by atoms with Crippen LogP contribution in [0, 0.1) is 11.6 Å². The highest BCUT2D eigenvalue weighted by Gasteiger charge is 2.23. The summed E-state index contributed by atoms with van der Waals surface area (Å²) in [5.41, 5.74) is 0.394. The summed E-state index contributed by atoms with van der Waals surface area (Å²) in [6.07, 6.45) is 3.91. The van der Waals surface area contributed by atoms with Gasteiger partial charge in [-0.3, -0.25) is 14.2 Å². The minimum absolute atomic E-state index is 0.0473. The van der Waals surface area contributed by atoms with Crippen LogP contribution >= 0.6 is 11.8 Å². The standard InChI is InChI=1S/C21H19F2N3O2S/c22-13-9-10-18(16(23)11-13)24-19(27)12-29-21-25-17-8-4-3-7-15(17)20(28)26(21)14-5-1-2-6-14/h3-4,7-11,14H,1-2,5-6,12H2,(H,24,27). The third kappa shape index (κ3) is 4.17. The van der Waals surface area contributed by atoms with E-state index in [0.717, 1.165) is 43.5 Å². The second-order valence-corrected chi connectivity index (χ2v) is 7.93. The maximum absolute atomic E-state index is 13.8. The summed E-state index contributed by atoms with van der Waals surface area (Å²) in [4.78, 5) is 30.0. The van der Waals surface area contributed by atoms with Crippen LogP contribution in [0.3, 0.4) is 0 Å². The molecule has 4 rings (SSSR count). The van der Waals surface area contributed by atoms with E-state index in [0.29, 0.717) is 22.1 Å². The zero-order chi connectivity index (χ0) is 20.4. The molecule has 29 heavy (non-hydrogen) atoms. The predicted molar refractivity (Wildman–Crippen MR) is 109 cm³/mol. The summed E-state index contributed by atoms with van der Waals surface area (Å²) < 4.78 is 28.5. The van der Waals surface area contributed by atoms with E-state index >= 15 is 0 Å². The van der Waals surface area contributed by atoms with E-state index in [1.54, 1.807) is 16.7 Å². The van der Waals surface area contributed by atoms with Crippen molar-refractivity contribution in [1.29, 1.82) is 0 Å². The first kappa shape index (κ1) is 19.6. The monoisotopic (exact) mass is 415 g/mol. The van der Waals surface area contributed by atoms with Crippen LogP contribution < -0.4 is 10.9 Å². The van der Waals surface area contributed by atoms with Crippen molar-refractivity contribution >= 4 is 34.3 Å². The van der Waals surface area contributed by atoms with Gasteiger partial charge in [0.05, 0.1) is 22.3 Å². The Bertz CT molecular complexity index is 1130. The highest BCUT2D eigenvalue weighted by Crippen LogP contribution is 2.32. The molecule has 1 saturated carbocycles. The number of carbonyl (C=O) groups excluding carboxylic acids is 1. The number of anilines is 1. The van der Waals surface area contributed by atoms with Crippen LogP contribution in [0.1, 0.15) is 31.7 Å². The fraction of sp³-hybridized carbons (Fsp3) is 0.286. The number of nitrogens with zero attached hydrogens (tertiary/aromatic N) is 2. The highest BCUT2D eigenvalue weighted by molar-refractivity contribution is 7.99. The molecule has 0 aliphatic heterocycles. The van der Waals surface area contributed by atoms with Crippen molar-refractivity contribution < 1.29 is 13.6 Å². The molecule has 0 bridgehead atoms. The van der Waals surface area contributed by atoms with E-state index in [2.05, 4.69) is 10.3 Å². The Balaban J connectivity index is 1.59. The number of thioether (sulfide) groups is 1. The Morgan fingerprint density at radius 2 is 1.93 bits per heavy atom. The molecular weight excluding hydrogens is 396 g/mol. The zero-order valence-corrected chi connectivity index (χ0v) is 16.3. The second-order valence-electron chi connectivity index (χ2n) is 6.99. The molecule has 150 valence electrons. The van der Waals surface area contributed by atoms with Crippen molar-refractivity contribution in [2.24, 2.45) is 0 Å². The third-order valence-electron chi connectivity index (χ3n) is 5.00. The molecule has 1 heterocycles. The summed E-state index contributed by atoms with van der Waals surface area (Å²) in [6.45, 7) is 0. The van der Waals surface area contributed by atoms with Crippen molar-refractivity contribution in [3.8, 4) is 0 Å². The van der Waals surface area contributed by atoms with E-state index in [1.165, 1.54) is 6.07 Å². The van der Waals surface area contributed by atoms with Gasteiger partial charge in [0.15, 0.2) is 5.16 Å². The van der Waals surface area contributed by atoms with Crippen molar-refractivity contribution in [2.45, 2.75) is 36.9 Å². The number of hydrogen-bond donors (Lipinski definition) is 1. The summed E-state index contributed by atoms with van der Waals surface area (Å²) in [5, 5.41) is 3.47. The smallest absolute Gasteiger partial charge is 0.262 e. The van der Waals surface area contributed by atoms with E-state index in [-0.39, 0.29) is 23.0 Å². The number of fused-ring (bicyclic) bond motifs is 1. The molecule has 8 heteroatoms. The van der Waals surface area contributed by atoms with Crippen LogP contribution in [-0.2, 0) is 4.79 Å². The van der Waals surface area contributed by atoms with Gasteiger partial charge in [-0.25, -0.2) is 13.8 Å². The number of nitrogens with one attached hydrogen (secondary N) is 1. The molecule has 0 saturated heterocycles. The Labute approximate surface area is 170 Å². The minimum atomic E-state index is -0.838. The fourth-order valence-corrected chi connectivity index (χ4v) is 4.49. The van der Waals surface area contributed by atoms with Crippen molar-refractivity contribution in [2.75, 3.05) is 11.1 Å². The Hall–Kier alpha value is -2.74. The molecule has 1 N–H and O–H groups in total. The first-order chi connectivity index (χ1) is 14.0. The summed E-state index contributed by atoms with van der Waals surface area (Å²) in [6, 6.07) is 10.2. The van der Waals surface area contributed by atoms with Gasteiger partial charge in [0.2, 0.25) is 5.91 Å². The zero-order valence-electron chi connectivity index (χ0n) is 15.5. The lowest BCUT2D eigenvalue weighted by atomic mass is 10.2. The Kier molecular flexibility index (Phi) is 5.62. The quantitative estimate of drug-likeness (QED) is 0.492. The van der Waals surface area contributed by atoms with Gasteiger partial charge in [-0.2, -0.15) is 0 Å².